The SMILES string of the molecule is O=C(O)CCCCCC(COC(=O)c1ccccc1)(COC(=O)c1ccccc1)C(=O)O. The zero-order valence-electron chi connectivity index (χ0n) is 17.6. The first kappa shape index (κ1) is 24.6. The van der Waals surface area contributed by atoms with Crippen molar-refractivity contribution in [1.29, 1.82) is 0 Å². The summed E-state index contributed by atoms with van der Waals surface area (Å²) >= 11 is 0. The van der Waals surface area contributed by atoms with Crippen LogP contribution in [0.25, 0.3) is 0 Å². The van der Waals surface area contributed by atoms with Crippen LogP contribution < -0.4 is 0 Å². The summed E-state index contributed by atoms with van der Waals surface area (Å²) in [5.41, 5.74) is -1.11. The van der Waals surface area contributed by atoms with Crippen molar-refractivity contribution in [2.45, 2.75) is 32.1 Å². The molecule has 0 aliphatic heterocycles. The van der Waals surface area contributed by atoms with Crippen LogP contribution in [0.3, 0.4) is 0 Å². The Hall–Kier alpha value is -3.68. The second kappa shape index (κ2) is 12.2. The van der Waals surface area contributed by atoms with E-state index in [0.29, 0.717) is 19.3 Å². The third-order valence-electron chi connectivity index (χ3n) is 4.98. The van der Waals surface area contributed by atoms with Crippen molar-refractivity contribution in [1.82, 2.24) is 0 Å². The molecule has 170 valence electrons. The van der Waals surface area contributed by atoms with Gasteiger partial charge in [-0.25, -0.2) is 9.59 Å². The van der Waals surface area contributed by atoms with Crippen LogP contribution in [-0.2, 0) is 19.1 Å². The molecule has 8 nitrogen and oxygen atoms in total. The van der Waals surface area contributed by atoms with Crippen LogP contribution >= 0.6 is 0 Å². The molecule has 32 heavy (non-hydrogen) atoms. The fraction of sp³-hybridized carbons (Fsp3) is 0.333. The van der Waals surface area contributed by atoms with Crippen molar-refractivity contribution in [2.24, 2.45) is 5.41 Å². The van der Waals surface area contributed by atoms with Crippen molar-refractivity contribution in [3.8, 4) is 0 Å². The molecule has 0 spiro atoms. The van der Waals surface area contributed by atoms with Crippen molar-refractivity contribution >= 4 is 23.9 Å². The molecular formula is C24H26O8. The molecule has 0 bridgehead atoms. The van der Waals surface area contributed by atoms with Crippen LogP contribution in [0, 0.1) is 5.41 Å². The number of aliphatic carboxylic acids is 2. The topological polar surface area (TPSA) is 127 Å². The first-order chi connectivity index (χ1) is 15.3. The highest BCUT2D eigenvalue weighted by atomic mass is 16.6. The highest BCUT2D eigenvalue weighted by molar-refractivity contribution is 5.90. The van der Waals surface area contributed by atoms with Gasteiger partial charge in [-0.1, -0.05) is 49.2 Å². The van der Waals surface area contributed by atoms with Gasteiger partial charge in [-0.15, -0.1) is 0 Å². The second-order valence-electron chi connectivity index (χ2n) is 7.42. The number of unbranched alkanes of at least 4 members (excludes halogenated alkanes) is 2. The minimum atomic E-state index is -1.65. The van der Waals surface area contributed by atoms with Gasteiger partial charge in [-0.05, 0) is 37.1 Å². The maximum Gasteiger partial charge on any atom is 0.338 e. The fourth-order valence-corrected chi connectivity index (χ4v) is 3.06. The van der Waals surface area contributed by atoms with Crippen molar-refractivity contribution < 1.29 is 38.9 Å². The lowest BCUT2D eigenvalue weighted by atomic mass is 9.84. The number of rotatable bonds is 13. The normalized spacial score (nSPS) is 10.9. The van der Waals surface area contributed by atoms with Gasteiger partial charge in [0.05, 0.1) is 11.1 Å². The fourth-order valence-electron chi connectivity index (χ4n) is 3.06. The summed E-state index contributed by atoms with van der Waals surface area (Å²) in [4.78, 5) is 47.6. The highest BCUT2D eigenvalue weighted by Crippen LogP contribution is 2.28. The third kappa shape index (κ3) is 7.54. The molecule has 2 rings (SSSR count). The predicted octanol–water partition coefficient (Wildman–Crippen LogP) is 3.81. The number of carbonyl (C=O) groups excluding carboxylic acids is 2. The van der Waals surface area contributed by atoms with Crippen molar-refractivity contribution in [3.05, 3.63) is 71.8 Å². The van der Waals surface area contributed by atoms with Crippen LogP contribution in [0.5, 0.6) is 0 Å². The predicted molar refractivity (Wildman–Crippen MR) is 114 cm³/mol. The molecule has 8 heteroatoms. The van der Waals surface area contributed by atoms with Gasteiger partial charge in [-0.3, -0.25) is 9.59 Å². The molecule has 0 saturated carbocycles. The van der Waals surface area contributed by atoms with E-state index in [9.17, 15) is 24.3 Å². The molecule has 0 radical (unpaired) electrons. The van der Waals surface area contributed by atoms with E-state index < -0.39 is 42.5 Å². The Balaban J connectivity index is 2.10. The Morgan fingerprint density at radius 1 is 0.688 bits per heavy atom. The number of carboxylic acid groups (broad SMARTS) is 2. The van der Waals surface area contributed by atoms with Crippen LogP contribution in [-0.4, -0.2) is 47.3 Å². The minimum absolute atomic E-state index is 0.0218. The summed E-state index contributed by atoms with van der Waals surface area (Å²) in [5.74, 6) is -3.56. The maximum absolute atomic E-state index is 12.3. The molecule has 0 unspecified atom stereocenters. The minimum Gasteiger partial charge on any atom is -0.481 e. The standard InChI is InChI=1S/C24H26O8/c25-20(26)14-8-3-9-15-24(23(29)30,16-31-21(27)18-10-4-1-5-11-18)17-32-22(28)19-12-6-2-7-13-19/h1-2,4-7,10-13H,3,8-9,14-17H2,(H,25,26)(H,29,30). The molecular weight excluding hydrogens is 416 g/mol. The smallest absolute Gasteiger partial charge is 0.338 e. The number of ether oxygens (including phenoxy) is 2. The molecule has 0 saturated heterocycles. The van der Waals surface area contributed by atoms with E-state index in [-0.39, 0.29) is 24.0 Å². The second-order valence-corrected chi connectivity index (χ2v) is 7.42. The summed E-state index contributed by atoms with van der Waals surface area (Å²) in [6.45, 7) is -0.978. The summed E-state index contributed by atoms with van der Waals surface area (Å²) in [6, 6.07) is 16.3. The number of carboxylic acids is 2. The molecule has 0 fully saturated rings. The van der Waals surface area contributed by atoms with E-state index in [0.717, 1.165) is 0 Å². The van der Waals surface area contributed by atoms with Gasteiger partial charge in [-0.2, -0.15) is 0 Å². The van der Waals surface area contributed by atoms with Gasteiger partial charge in [0.15, 0.2) is 0 Å². The summed E-state index contributed by atoms with van der Waals surface area (Å²) in [6.07, 6.45) is 1.25. The number of hydrogen-bond acceptors (Lipinski definition) is 6. The number of esters is 2. The van der Waals surface area contributed by atoms with Crippen LogP contribution in [0.2, 0.25) is 0 Å². The summed E-state index contributed by atoms with van der Waals surface area (Å²) in [7, 11) is 0. The van der Waals surface area contributed by atoms with E-state index in [1.807, 2.05) is 0 Å². The zero-order chi connectivity index (χ0) is 23.4. The Kier molecular flexibility index (Phi) is 9.41. The van der Waals surface area contributed by atoms with Crippen LogP contribution in [0.1, 0.15) is 52.8 Å². The molecule has 2 aromatic rings. The molecule has 0 heterocycles. The first-order valence-corrected chi connectivity index (χ1v) is 10.2. The van der Waals surface area contributed by atoms with E-state index in [4.69, 9.17) is 14.6 Å². The molecule has 0 aliphatic rings. The van der Waals surface area contributed by atoms with Gasteiger partial charge in [0.25, 0.3) is 0 Å². The lowest BCUT2D eigenvalue weighted by Gasteiger charge is -2.28. The van der Waals surface area contributed by atoms with Gasteiger partial charge in [0.1, 0.15) is 18.6 Å². The van der Waals surface area contributed by atoms with E-state index in [2.05, 4.69) is 0 Å². The van der Waals surface area contributed by atoms with Gasteiger partial charge in [0.2, 0.25) is 0 Å². The van der Waals surface area contributed by atoms with Gasteiger partial charge < -0.3 is 19.7 Å². The molecule has 0 aromatic heterocycles. The maximum atomic E-state index is 12.3. The molecule has 0 atom stereocenters. The average Bonchev–Trinajstić information content (AvgIpc) is 2.80. The quantitative estimate of drug-likeness (QED) is 0.354. The van der Waals surface area contributed by atoms with Crippen molar-refractivity contribution in [2.75, 3.05) is 13.2 Å². The first-order valence-electron chi connectivity index (χ1n) is 10.2. The van der Waals surface area contributed by atoms with Gasteiger partial charge >= 0.3 is 23.9 Å². The molecule has 2 N–H and O–H groups in total. The van der Waals surface area contributed by atoms with E-state index >= 15 is 0 Å². The van der Waals surface area contributed by atoms with E-state index in [1.165, 1.54) is 0 Å². The number of carbonyl (C=O) groups is 4. The number of benzene rings is 2. The molecule has 0 amide bonds. The summed E-state index contributed by atoms with van der Waals surface area (Å²) in [5, 5.41) is 18.7. The lowest BCUT2D eigenvalue weighted by Crippen LogP contribution is -2.42. The Morgan fingerprint density at radius 3 is 1.56 bits per heavy atom. The Morgan fingerprint density at radius 2 is 1.16 bits per heavy atom. The van der Waals surface area contributed by atoms with Crippen molar-refractivity contribution in [3.63, 3.8) is 0 Å². The van der Waals surface area contributed by atoms with Crippen LogP contribution in [0.4, 0.5) is 0 Å². The van der Waals surface area contributed by atoms with E-state index in [1.54, 1.807) is 60.7 Å². The number of hydrogen-bond donors (Lipinski definition) is 2. The average molecular weight is 442 g/mol. The van der Waals surface area contributed by atoms with Gasteiger partial charge in [0, 0.05) is 6.42 Å². The zero-order valence-corrected chi connectivity index (χ0v) is 17.6. The Bertz CT molecular complexity index is 853. The molecule has 0 aliphatic carbocycles. The third-order valence-corrected chi connectivity index (χ3v) is 4.98. The highest BCUT2D eigenvalue weighted by Gasteiger charge is 2.41. The van der Waals surface area contributed by atoms with Crippen LogP contribution in [0.15, 0.2) is 60.7 Å². The largest absolute Gasteiger partial charge is 0.481 e. The Labute approximate surface area is 185 Å². The lowest BCUT2D eigenvalue weighted by molar-refractivity contribution is -0.155. The summed E-state index contributed by atoms with van der Waals surface area (Å²) < 4.78 is 10.6. The monoisotopic (exact) mass is 442 g/mol. The molecule has 2 aromatic carbocycles.